The lowest BCUT2D eigenvalue weighted by atomic mass is 9.85. The zero-order chi connectivity index (χ0) is 14.0. The third-order valence-electron chi connectivity index (χ3n) is 4.66. The fraction of sp³-hybridized carbons (Fsp3) is 0.600. The molecule has 0 aromatic carbocycles. The number of rotatable bonds is 1. The van der Waals surface area contributed by atoms with Crippen LogP contribution in [-0.2, 0) is 4.74 Å². The van der Waals surface area contributed by atoms with Crippen LogP contribution in [0.4, 0.5) is 0 Å². The van der Waals surface area contributed by atoms with Gasteiger partial charge in [0.05, 0.1) is 13.2 Å². The van der Waals surface area contributed by atoms with Crippen molar-refractivity contribution in [3.63, 3.8) is 0 Å². The lowest BCUT2D eigenvalue weighted by Crippen LogP contribution is -2.60. The second kappa shape index (κ2) is 5.50. The molecule has 3 rings (SSSR count). The largest absolute Gasteiger partial charge is 0.378 e. The van der Waals surface area contributed by atoms with Gasteiger partial charge in [-0.15, -0.1) is 0 Å². The highest BCUT2D eigenvalue weighted by Crippen LogP contribution is 2.31. The van der Waals surface area contributed by atoms with E-state index in [0.29, 0.717) is 0 Å². The number of carbonyl (C=O) groups excluding carboxylic acids is 1. The van der Waals surface area contributed by atoms with Crippen molar-refractivity contribution in [2.24, 2.45) is 0 Å². The third kappa shape index (κ3) is 2.43. The van der Waals surface area contributed by atoms with Crippen LogP contribution in [0.2, 0.25) is 0 Å². The zero-order valence-corrected chi connectivity index (χ0v) is 11.9. The predicted molar refractivity (Wildman–Crippen MR) is 75.6 cm³/mol. The van der Waals surface area contributed by atoms with Crippen LogP contribution in [0.1, 0.15) is 23.2 Å². The van der Waals surface area contributed by atoms with Gasteiger partial charge in [-0.1, -0.05) is 0 Å². The van der Waals surface area contributed by atoms with Crippen LogP contribution in [-0.4, -0.2) is 66.1 Å². The van der Waals surface area contributed by atoms with Crippen molar-refractivity contribution in [3.8, 4) is 0 Å². The number of hydrogen-bond donors (Lipinski definition) is 0. The van der Waals surface area contributed by atoms with E-state index < -0.39 is 0 Å². The second-order valence-electron chi connectivity index (χ2n) is 5.73. The van der Waals surface area contributed by atoms with E-state index in [9.17, 15) is 4.79 Å². The van der Waals surface area contributed by atoms with Crippen LogP contribution in [0, 0.1) is 0 Å². The van der Waals surface area contributed by atoms with E-state index in [1.807, 2.05) is 4.90 Å². The molecule has 1 aromatic heterocycles. The molecule has 0 N–H and O–H groups in total. The first-order valence-electron chi connectivity index (χ1n) is 7.20. The molecule has 0 radical (unpaired) electrons. The molecule has 2 aliphatic rings. The molecule has 0 saturated carbocycles. The summed E-state index contributed by atoms with van der Waals surface area (Å²) in [4.78, 5) is 20.7. The van der Waals surface area contributed by atoms with E-state index in [4.69, 9.17) is 4.74 Å². The number of piperidine rings is 1. The minimum atomic E-state index is 0.113. The van der Waals surface area contributed by atoms with Crippen molar-refractivity contribution < 1.29 is 9.53 Å². The van der Waals surface area contributed by atoms with Crippen LogP contribution in [0.25, 0.3) is 0 Å². The lowest BCUT2D eigenvalue weighted by Gasteiger charge is -2.49. The van der Waals surface area contributed by atoms with Gasteiger partial charge in [-0.3, -0.25) is 14.7 Å². The molecule has 1 spiro atoms. The molecule has 0 atom stereocenters. The Morgan fingerprint density at radius 3 is 2.60 bits per heavy atom. The summed E-state index contributed by atoms with van der Waals surface area (Å²) in [6, 6.07) is 3.56. The Balaban J connectivity index is 1.65. The summed E-state index contributed by atoms with van der Waals surface area (Å²) in [5.74, 6) is 0.113. The number of likely N-dealkylation sites (tertiary alicyclic amines) is 1. The van der Waals surface area contributed by atoms with E-state index >= 15 is 0 Å². The van der Waals surface area contributed by atoms with Crippen molar-refractivity contribution in [2.75, 3.05) is 39.9 Å². The number of morpholine rings is 1. The molecule has 2 saturated heterocycles. The van der Waals surface area contributed by atoms with Gasteiger partial charge in [0.15, 0.2) is 0 Å². The minimum absolute atomic E-state index is 0.113. The number of hydrogen-bond acceptors (Lipinski definition) is 4. The standard InChI is InChI=1S/C15H21N3O2/c1-17-10-11-20-12-15(17)4-8-18(9-5-15)14(19)13-2-6-16-7-3-13/h2-3,6-7H,4-5,8-12H2,1H3. The number of amides is 1. The summed E-state index contributed by atoms with van der Waals surface area (Å²) in [6.07, 6.45) is 5.31. The van der Waals surface area contributed by atoms with Crippen LogP contribution >= 0.6 is 0 Å². The molecule has 3 heterocycles. The molecular weight excluding hydrogens is 254 g/mol. The Bertz CT molecular complexity index is 469. The normalized spacial score (nSPS) is 22.9. The molecule has 5 nitrogen and oxygen atoms in total. The van der Waals surface area contributed by atoms with Gasteiger partial charge >= 0.3 is 0 Å². The van der Waals surface area contributed by atoms with Crippen LogP contribution in [0.15, 0.2) is 24.5 Å². The highest BCUT2D eigenvalue weighted by Gasteiger charge is 2.41. The third-order valence-corrected chi connectivity index (χ3v) is 4.66. The average Bonchev–Trinajstić information content (AvgIpc) is 2.51. The summed E-state index contributed by atoms with van der Waals surface area (Å²) in [5, 5.41) is 0. The second-order valence-corrected chi connectivity index (χ2v) is 5.73. The molecule has 0 aliphatic carbocycles. The fourth-order valence-corrected chi connectivity index (χ4v) is 3.14. The number of carbonyl (C=O) groups is 1. The predicted octanol–water partition coefficient (Wildman–Crippen LogP) is 1.02. The van der Waals surface area contributed by atoms with Gasteiger partial charge in [0.25, 0.3) is 5.91 Å². The van der Waals surface area contributed by atoms with Crippen molar-refractivity contribution in [2.45, 2.75) is 18.4 Å². The Hall–Kier alpha value is -1.46. The summed E-state index contributed by atoms with van der Waals surface area (Å²) in [6.45, 7) is 4.20. The van der Waals surface area contributed by atoms with E-state index in [2.05, 4.69) is 16.9 Å². The summed E-state index contributed by atoms with van der Waals surface area (Å²) in [7, 11) is 2.17. The van der Waals surface area contributed by atoms with Gasteiger partial charge in [0.1, 0.15) is 0 Å². The number of likely N-dealkylation sites (N-methyl/N-ethyl adjacent to an activating group) is 1. The van der Waals surface area contributed by atoms with Crippen molar-refractivity contribution in [1.29, 1.82) is 0 Å². The van der Waals surface area contributed by atoms with Gasteiger partial charge in [0, 0.05) is 43.1 Å². The van der Waals surface area contributed by atoms with Gasteiger partial charge in [-0.25, -0.2) is 0 Å². The summed E-state index contributed by atoms with van der Waals surface area (Å²) >= 11 is 0. The Kier molecular flexibility index (Phi) is 3.72. The van der Waals surface area contributed by atoms with E-state index in [1.165, 1.54) is 0 Å². The van der Waals surface area contributed by atoms with Crippen molar-refractivity contribution >= 4 is 5.91 Å². The Morgan fingerprint density at radius 1 is 1.25 bits per heavy atom. The average molecular weight is 275 g/mol. The Morgan fingerprint density at radius 2 is 1.95 bits per heavy atom. The van der Waals surface area contributed by atoms with E-state index in [-0.39, 0.29) is 11.4 Å². The first-order chi connectivity index (χ1) is 9.71. The molecule has 1 aromatic rings. The maximum absolute atomic E-state index is 12.4. The molecule has 2 aliphatic heterocycles. The number of ether oxygens (including phenoxy) is 1. The van der Waals surface area contributed by atoms with E-state index in [0.717, 1.165) is 51.3 Å². The SMILES string of the molecule is CN1CCOCC12CCN(C(=O)c1ccncc1)CC2. The number of aromatic nitrogens is 1. The number of pyridine rings is 1. The van der Waals surface area contributed by atoms with Crippen LogP contribution in [0.5, 0.6) is 0 Å². The molecule has 1 amide bonds. The fourth-order valence-electron chi connectivity index (χ4n) is 3.14. The first kappa shape index (κ1) is 13.5. The monoisotopic (exact) mass is 275 g/mol. The van der Waals surface area contributed by atoms with E-state index in [1.54, 1.807) is 24.5 Å². The molecule has 5 heteroatoms. The highest BCUT2D eigenvalue weighted by molar-refractivity contribution is 5.94. The molecular formula is C15H21N3O2. The molecule has 0 unspecified atom stereocenters. The molecule has 0 bridgehead atoms. The zero-order valence-electron chi connectivity index (χ0n) is 11.9. The van der Waals surface area contributed by atoms with Crippen LogP contribution < -0.4 is 0 Å². The lowest BCUT2D eigenvalue weighted by molar-refractivity contribution is -0.0796. The number of nitrogens with zero attached hydrogens (tertiary/aromatic N) is 3. The Labute approximate surface area is 119 Å². The maximum Gasteiger partial charge on any atom is 0.253 e. The van der Waals surface area contributed by atoms with Gasteiger partial charge in [-0.05, 0) is 32.0 Å². The molecule has 108 valence electrons. The van der Waals surface area contributed by atoms with Crippen molar-refractivity contribution in [1.82, 2.24) is 14.8 Å². The van der Waals surface area contributed by atoms with Gasteiger partial charge < -0.3 is 9.64 Å². The minimum Gasteiger partial charge on any atom is -0.378 e. The topological polar surface area (TPSA) is 45.7 Å². The smallest absolute Gasteiger partial charge is 0.253 e. The first-order valence-corrected chi connectivity index (χ1v) is 7.20. The van der Waals surface area contributed by atoms with Gasteiger partial charge in [0.2, 0.25) is 0 Å². The summed E-state index contributed by atoms with van der Waals surface area (Å²) < 4.78 is 5.66. The van der Waals surface area contributed by atoms with Gasteiger partial charge in [-0.2, -0.15) is 0 Å². The molecule has 20 heavy (non-hydrogen) atoms. The summed E-state index contributed by atoms with van der Waals surface area (Å²) in [5.41, 5.74) is 0.858. The van der Waals surface area contributed by atoms with Crippen molar-refractivity contribution in [3.05, 3.63) is 30.1 Å². The molecule has 2 fully saturated rings. The maximum atomic E-state index is 12.4. The quantitative estimate of drug-likeness (QED) is 0.767. The van der Waals surface area contributed by atoms with Crippen LogP contribution in [0.3, 0.4) is 0 Å². The highest BCUT2D eigenvalue weighted by atomic mass is 16.5.